The number of aromatic nitrogens is 1. The summed E-state index contributed by atoms with van der Waals surface area (Å²) in [5.41, 5.74) is 3.92. The first kappa shape index (κ1) is 18.4. The highest BCUT2D eigenvalue weighted by molar-refractivity contribution is 8.00. The van der Waals surface area contributed by atoms with Gasteiger partial charge in [0.1, 0.15) is 22.2 Å². The SMILES string of the molecule is Cc1cc(C)c(C#N)c(SCC(=O)Nc2sc3c(c2C#N)CCCC3)n1. The van der Waals surface area contributed by atoms with Crippen molar-refractivity contribution in [2.24, 2.45) is 0 Å². The molecule has 3 rings (SSSR count). The molecule has 1 amide bonds. The average molecular weight is 383 g/mol. The molecule has 1 N–H and O–H groups in total. The summed E-state index contributed by atoms with van der Waals surface area (Å²) < 4.78 is 0. The van der Waals surface area contributed by atoms with Gasteiger partial charge in [-0.3, -0.25) is 4.79 Å². The first-order valence-corrected chi connectivity index (χ1v) is 10.2. The number of anilines is 1. The summed E-state index contributed by atoms with van der Waals surface area (Å²) in [6.45, 7) is 3.74. The average Bonchev–Trinajstić information content (AvgIpc) is 2.96. The fraction of sp³-hybridized carbons (Fsp3) is 0.368. The van der Waals surface area contributed by atoms with Gasteiger partial charge in [-0.25, -0.2) is 4.98 Å². The molecule has 5 nitrogen and oxygen atoms in total. The summed E-state index contributed by atoms with van der Waals surface area (Å²) in [6.07, 6.45) is 4.13. The van der Waals surface area contributed by atoms with E-state index in [9.17, 15) is 15.3 Å². The number of thiophene rings is 1. The zero-order valence-corrected chi connectivity index (χ0v) is 16.3. The number of aryl methyl sites for hydroxylation is 3. The van der Waals surface area contributed by atoms with Crippen molar-refractivity contribution < 1.29 is 4.79 Å². The molecule has 2 aromatic rings. The van der Waals surface area contributed by atoms with E-state index in [0.717, 1.165) is 42.5 Å². The normalized spacial score (nSPS) is 12.8. The Labute approximate surface area is 161 Å². The van der Waals surface area contributed by atoms with Crippen LogP contribution in [-0.4, -0.2) is 16.6 Å². The zero-order valence-electron chi connectivity index (χ0n) is 14.7. The van der Waals surface area contributed by atoms with Crippen LogP contribution < -0.4 is 5.32 Å². The smallest absolute Gasteiger partial charge is 0.235 e. The van der Waals surface area contributed by atoms with E-state index >= 15 is 0 Å². The van der Waals surface area contributed by atoms with Gasteiger partial charge in [0.25, 0.3) is 0 Å². The number of nitrogens with zero attached hydrogens (tertiary/aromatic N) is 3. The highest BCUT2D eigenvalue weighted by atomic mass is 32.2. The van der Waals surface area contributed by atoms with Crippen molar-refractivity contribution in [3.63, 3.8) is 0 Å². The quantitative estimate of drug-likeness (QED) is 0.804. The van der Waals surface area contributed by atoms with Gasteiger partial charge in [-0.2, -0.15) is 10.5 Å². The maximum Gasteiger partial charge on any atom is 0.235 e. The molecule has 0 bridgehead atoms. The third-order valence-corrected chi connectivity index (χ3v) is 6.48. The lowest BCUT2D eigenvalue weighted by Crippen LogP contribution is -2.14. The third kappa shape index (κ3) is 3.75. The number of hydrogen-bond acceptors (Lipinski definition) is 6. The summed E-state index contributed by atoms with van der Waals surface area (Å²) in [7, 11) is 0. The molecule has 0 atom stereocenters. The number of nitrogens with one attached hydrogen (secondary N) is 1. The molecule has 0 saturated heterocycles. The summed E-state index contributed by atoms with van der Waals surface area (Å²) in [5.74, 6) is -0.0344. The van der Waals surface area contributed by atoms with E-state index < -0.39 is 0 Å². The number of thioether (sulfide) groups is 1. The molecule has 26 heavy (non-hydrogen) atoms. The van der Waals surface area contributed by atoms with Crippen molar-refractivity contribution in [2.75, 3.05) is 11.1 Å². The first-order chi connectivity index (χ1) is 12.5. The highest BCUT2D eigenvalue weighted by Crippen LogP contribution is 2.37. The Morgan fingerprint density at radius 3 is 2.73 bits per heavy atom. The molecule has 2 aromatic heterocycles. The maximum atomic E-state index is 12.4. The molecule has 0 fully saturated rings. The Kier molecular flexibility index (Phi) is 5.61. The minimum atomic E-state index is -0.185. The minimum Gasteiger partial charge on any atom is -0.316 e. The Bertz CT molecular complexity index is 950. The first-order valence-electron chi connectivity index (χ1n) is 8.39. The van der Waals surface area contributed by atoms with Crippen LogP contribution in [0.4, 0.5) is 5.00 Å². The molecule has 0 radical (unpaired) electrons. The number of amides is 1. The van der Waals surface area contributed by atoms with Crippen LogP contribution in [0.15, 0.2) is 11.1 Å². The van der Waals surface area contributed by atoms with Crippen LogP contribution >= 0.6 is 23.1 Å². The van der Waals surface area contributed by atoms with Gasteiger partial charge in [-0.05, 0) is 56.7 Å². The van der Waals surface area contributed by atoms with E-state index in [4.69, 9.17) is 0 Å². The van der Waals surface area contributed by atoms with E-state index in [1.165, 1.54) is 28.0 Å². The highest BCUT2D eigenvalue weighted by Gasteiger charge is 2.22. The van der Waals surface area contributed by atoms with Crippen molar-refractivity contribution in [2.45, 2.75) is 44.6 Å². The Morgan fingerprint density at radius 2 is 2.00 bits per heavy atom. The summed E-state index contributed by atoms with van der Waals surface area (Å²) in [5, 5.41) is 22.9. The van der Waals surface area contributed by atoms with E-state index in [1.807, 2.05) is 19.9 Å². The standard InChI is InChI=1S/C19H18N4OS2/c1-11-7-12(2)22-18(14(11)8-20)25-10-17(24)23-19-15(9-21)13-5-3-4-6-16(13)26-19/h7H,3-6,10H2,1-2H3,(H,23,24). The second-order valence-corrected chi connectivity index (χ2v) is 8.31. The number of hydrogen-bond donors (Lipinski definition) is 1. The number of carbonyl (C=O) groups is 1. The lowest BCUT2D eigenvalue weighted by molar-refractivity contribution is -0.113. The van der Waals surface area contributed by atoms with Crippen molar-refractivity contribution in [1.29, 1.82) is 10.5 Å². The number of nitriles is 2. The van der Waals surface area contributed by atoms with Gasteiger partial charge in [-0.15, -0.1) is 11.3 Å². The van der Waals surface area contributed by atoms with Crippen LogP contribution in [-0.2, 0) is 17.6 Å². The molecular formula is C19H18N4OS2. The third-order valence-electron chi connectivity index (χ3n) is 4.30. The van der Waals surface area contributed by atoms with E-state index in [-0.39, 0.29) is 11.7 Å². The fourth-order valence-corrected chi connectivity index (χ4v) is 5.27. The molecule has 1 aliphatic carbocycles. The van der Waals surface area contributed by atoms with Gasteiger partial charge in [0.05, 0.1) is 16.9 Å². The Morgan fingerprint density at radius 1 is 1.27 bits per heavy atom. The Hall–Kier alpha value is -2.35. The van der Waals surface area contributed by atoms with Crippen LogP contribution in [0.1, 0.15) is 45.7 Å². The maximum absolute atomic E-state index is 12.4. The fourth-order valence-electron chi connectivity index (χ4n) is 3.11. The number of fused-ring (bicyclic) bond motifs is 1. The molecule has 2 heterocycles. The Balaban J connectivity index is 1.72. The van der Waals surface area contributed by atoms with Gasteiger partial charge in [0.15, 0.2) is 0 Å². The monoisotopic (exact) mass is 382 g/mol. The topological polar surface area (TPSA) is 89.6 Å². The minimum absolute atomic E-state index is 0.151. The van der Waals surface area contributed by atoms with Crippen LogP contribution in [0, 0.1) is 36.5 Å². The predicted octanol–water partition coefficient (Wildman–Crippen LogP) is 4.11. The second kappa shape index (κ2) is 7.90. The number of rotatable bonds is 4. The molecule has 0 saturated carbocycles. The van der Waals surface area contributed by atoms with Gasteiger partial charge < -0.3 is 5.32 Å². The number of pyridine rings is 1. The molecule has 1 aliphatic rings. The van der Waals surface area contributed by atoms with E-state index in [1.54, 1.807) is 0 Å². The lowest BCUT2D eigenvalue weighted by Gasteiger charge is -2.09. The van der Waals surface area contributed by atoms with Crippen molar-refractivity contribution in [3.8, 4) is 12.1 Å². The van der Waals surface area contributed by atoms with Crippen LogP contribution in [0.25, 0.3) is 0 Å². The predicted molar refractivity (Wildman–Crippen MR) is 103 cm³/mol. The van der Waals surface area contributed by atoms with Gasteiger partial charge in [-0.1, -0.05) is 11.8 Å². The van der Waals surface area contributed by atoms with Crippen molar-refractivity contribution in [1.82, 2.24) is 4.98 Å². The van der Waals surface area contributed by atoms with Gasteiger partial charge in [0, 0.05) is 10.6 Å². The largest absolute Gasteiger partial charge is 0.316 e. The molecule has 7 heteroatoms. The van der Waals surface area contributed by atoms with E-state index in [2.05, 4.69) is 22.4 Å². The van der Waals surface area contributed by atoms with Crippen LogP contribution in [0.2, 0.25) is 0 Å². The summed E-state index contributed by atoms with van der Waals surface area (Å²) in [4.78, 5) is 18.0. The van der Waals surface area contributed by atoms with Gasteiger partial charge >= 0.3 is 0 Å². The molecule has 132 valence electrons. The van der Waals surface area contributed by atoms with Crippen LogP contribution in [0.5, 0.6) is 0 Å². The summed E-state index contributed by atoms with van der Waals surface area (Å²) >= 11 is 2.77. The van der Waals surface area contributed by atoms with Gasteiger partial charge in [0.2, 0.25) is 5.91 Å². The zero-order chi connectivity index (χ0) is 18.7. The molecule has 0 aliphatic heterocycles. The second-order valence-electron chi connectivity index (χ2n) is 6.24. The molecule has 0 unspecified atom stereocenters. The molecule has 0 aromatic carbocycles. The molecule has 0 spiro atoms. The van der Waals surface area contributed by atoms with Crippen molar-refractivity contribution in [3.05, 3.63) is 38.9 Å². The molecular weight excluding hydrogens is 364 g/mol. The summed E-state index contributed by atoms with van der Waals surface area (Å²) in [6, 6.07) is 6.27. The lowest BCUT2D eigenvalue weighted by atomic mass is 9.96. The van der Waals surface area contributed by atoms with Crippen molar-refractivity contribution >= 4 is 34.0 Å². The van der Waals surface area contributed by atoms with E-state index in [0.29, 0.717) is 21.2 Å². The number of carbonyl (C=O) groups excluding carboxylic acids is 1. The van der Waals surface area contributed by atoms with Crippen LogP contribution in [0.3, 0.4) is 0 Å².